The molecule has 0 bridgehead atoms. The Morgan fingerprint density at radius 2 is 2.14 bits per heavy atom. The van der Waals surface area contributed by atoms with Crippen LogP contribution < -0.4 is 5.73 Å². The van der Waals surface area contributed by atoms with E-state index < -0.39 is 0 Å². The number of ether oxygens (including phenoxy) is 1. The predicted octanol–water partition coefficient (Wildman–Crippen LogP) is 2.67. The van der Waals surface area contributed by atoms with Crippen molar-refractivity contribution in [2.75, 3.05) is 13.2 Å². The van der Waals surface area contributed by atoms with Crippen molar-refractivity contribution < 1.29 is 9.53 Å². The fraction of sp³-hybridized carbons (Fsp3) is 0.381. The lowest BCUT2D eigenvalue weighted by molar-refractivity contribution is 0.0516. The number of para-hydroxylation sites is 1. The van der Waals surface area contributed by atoms with Gasteiger partial charge in [0.2, 0.25) is 0 Å². The SMILES string of the molecule is CCOC(=O)c1nn(Cc2cnn(-c3ccccc3)c2)c2c1C(CN)CCC2. The van der Waals surface area contributed by atoms with E-state index in [4.69, 9.17) is 10.5 Å². The molecule has 2 aromatic heterocycles. The van der Waals surface area contributed by atoms with Crippen LogP contribution in [-0.2, 0) is 17.7 Å². The molecule has 3 aromatic rings. The van der Waals surface area contributed by atoms with E-state index in [0.29, 0.717) is 25.4 Å². The van der Waals surface area contributed by atoms with Gasteiger partial charge in [0, 0.05) is 28.9 Å². The van der Waals surface area contributed by atoms with Crippen molar-refractivity contribution in [3.05, 3.63) is 65.2 Å². The summed E-state index contributed by atoms with van der Waals surface area (Å²) in [5.41, 5.74) is 10.5. The van der Waals surface area contributed by atoms with Crippen LogP contribution in [0.5, 0.6) is 0 Å². The zero-order valence-corrected chi connectivity index (χ0v) is 16.0. The Morgan fingerprint density at radius 3 is 2.89 bits per heavy atom. The van der Waals surface area contributed by atoms with Crippen molar-refractivity contribution in [1.29, 1.82) is 0 Å². The third kappa shape index (κ3) is 3.45. The molecular weight excluding hydrogens is 354 g/mol. The summed E-state index contributed by atoms with van der Waals surface area (Å²) in [6, 6.07) is 9.97. The highest BCUT2D eigenvalue weighted by atomic mass is 16.5. The molecule has 0 amide bonds. The minimum atomic E-state index is -0.363. The van der Waals surface area contributed by atoms with Crippen LogP contribution in [0.4, 0.5) is 0 Å². The summed E-state index contributed by atoms with van der Waals surface area (Å²) in [4.78, 5) is 12.5. The van der Waals surface area contributed by atoms with Crippen LogP contribution in [-0.4, -0.2) is 38.7 Å². The minimum Gasteiger partial charge on any atom is -0.461 e. The summed E-state index contributed by atoms with van der Waals surface area (Å²) in [5, 5.41) is 9.10. The first-order valence-corrected chi connectivity index (χ1v) is 9.77. The molecule has 1 aliphatic rings. The standard InChI is InChI=1S/C21H25N5O2/c1-2-28-21(27)20-19-16(11-22)7-6-10-18(19)26(24-20)14-15-12-23-25(13-15)17-8-4-3-5-9-17/h3-5,8-9,12-13,16H,2,6-7,10-11,14,22H2,1H3. The molecule has 1 aliphatic carbocycles. The molecule has 1 aromatic carbocycles. The number of nitrogens with two attached hydrogens (primary N) is 1. The number of hydrogen-bond donors (Lipinski definition) is 1. The molecule has 7 nitrogen and oxygen atoms in total. The number of fused-ring (bicyclic) bond motifs is 1. The van der Waals surface area contributed by atoms with Crippen molar-refractivity contribution in [3.8, 4) is 5.69 Å². The number of hydrogen-bond acceptors (Lipinski definition) is 5. The smallest absolute Gasteiger partial charge is 0.359 e. The molecule has 1 atom stereocenters. The van der Waals surface area contributed by atoms with Gasteiger partial charge in [0.15, 0.2) is 5.69 Å². The highest BCUT2D eigenvalue weighted by molar-refractivity contribution is 5.89. The number of benzene rings is 1. The van der Waals surface area contributed by atoms with Crippen LogP contribution in [0, 0.1) is 0 Å². The number of carbonyl (C=O) groups excluding carboxylic acids is 1. The van der Waals surface area contributed by atoms with Gasteiger partial charge in [-0.05, 0) is 44.9 Å². The molecule has 2 heterocycles. The minimum absolute atomic E-state index is 0.156. The third-order valence-electron chi connectivity index (χ3n) is 5.22. The average Bonchev–Trinajstić information content (AvgIpc) is 3.34. The quantitative estimate of drug-likeness (QED) is 0.665. The predicted molar refractivity (Wildman–Crippen MR) is 106 cm³/mol. The van der Waals surface area contributed by atoms with Crippen molar-refractivity contribution in [3.63, 3.8) is 0 Å². The van der Waals surface area contributed by atoms with E-state index in [2.05, 4.69) is 10.2 Å². The van der Waals surface area contributed by atoms with Gasteiger partial charge in [0.05, 0.1) is 25.0 Å². The van der Waals surface area contributed by atoms with Gasteiger partial charge in [-0.1, -0.05) is 18.2 Å². The van der Waals surface area contributed by atoms with Crippen LogP contribution in [0.25, 0.3) is 5.69 Å². The maximum Gasteiger partial charge on any atom is 0.359 e. The molecule has 7 heteroatoms. The van der Waals surface area contributed by atoms with Crippen LogP contribution in [0.1, 0.15) is 53.0 Å². The lowest BCUT2D eigenvalue weighted by Crippen LogP contribution is -2.21. The number of rotatable bonds is 6. The fourth-order valence-electron chi connectivity index (χ4n) is 3.92. The molecule has 0 saturated heterocycles. The molecule has 0 saturated carbocycles. The summed E-state index contributed by atoms with van der Waals surface area (Å²) in [7, 11) is 0. The van der Waals surface area contributed by atoms with E-state index in [-0.39, 0.29) is 11.9 Å². The van der Waals surface area contributed by atoms with Crippen molar-refractivity contribution in [1.82, 2.24) is 19.6 Å². The summed E-state index contributed by atoms with van der Waals surface area (Å²) in [5.74, 6) is -0.207. The average molecular weight is 379 g/mol. The Labute approximate surface area is 164 Å². The van der Waals surface area contributed by atoms with Gasteiger partial charge in [0.25, 0.3) is 0 Å². The lowest BCUT2D eigenvalue weighted by Gasteiger charge is -2.22. The molecule has 146 valence electrons. The first-order valence-electron chi connectivity index (χ1n) is 9.77. The van der Waals surface area contributed by atoms with Gasteiger partial charge < -0.3 is 10.5 Å². The van der Waals surface area contributed by atoms with E-state index in [1.807, 2.05) is 52.1 Å². The zero-order valence-electron chi connectivity index (χ0n) is 16.0. The van der Waals surface area contributed by atoms with Gasteiger partial charge >= 0.3 is 5.97 Å². The second-order valence-corrected chi connectivity index (χ2v) is 7.04. The maximum absolute atomic E-state index is 12.5. The van der Waals surface area contributed by atoms with E-state index in [9.17, 15) is 4.79 Å². The molecule has 1 unspecified atom stereocenters. The van der Waals surface area contributed by atoms with Crippen LogP contribution in [0.3, 0.4) is 0 Å². The normalized spacial score (nSPS) is 16.0. The summed E-state index contributed by atoms with van der Waals surface area (Å²) < 4.78 is 9.01. The molecule has 0 fully saturated rings. The third-order valence-corrected chi connectivity index (χ3v) is 5.22. The Balaban J connectivity index is 1.67. The van der Waals surface area contributed by atoms with Crippen LogP contribution >= 0.6 is 0 Å². The second-order valence-electron chi connectivity index (χ2n) is 7.04. The largest absolute Gasteiger partial charge is 0.461 e. The highest BCUT2D eigenvalue weighted by Gasteiger charge is 2.31. The zero-order chi connectivity index (χ0) is 19.5. The van der Waals surface area contributed by atoms with Crippen molar-refractivity contribution in [2.45, 2.75) is 38.6 Å². The molecule has 2 N–H and O–H groups in total. The Hall–Kier alpha value is -2.93. The number of carbonyl (C=O) groups is 1. The molecule has 28 heavy (non-hydrogen) atoms. The highest BCUT2D eigenvalue weighted by Crippen LogP contribution is 2.34. The van der Waals surface area contributed by atoms with Gasteiger partial charge in [-0.3, -0.25) is 4.68 Å². The fourth-order valence-corrected chi connectivity index (χ4v) is 3.92. The molecular formula is C21H25N5O2. The van der Waals surface area contributed by atoms with Crippen LogP contribution in [0.2, 0.25) is 0 Å². The monoisotopic (exact) mass is 379 g/mol. The van der Waals surface area contributed by atoms with Crippen molar-refractivity contribution in [2.24, 2.45) is 5.73 Å². The lowest BCUT2D eigenvalue weighted by atomic mass is 9.85. The van der Waals surface area contributed by atoms with Gasteiger partial charge in [-0.15, -0.1) is 0 Å². The van der Waals surface area contributed by atoms with E-state index in [1.165, 1.54) is 0 Å². The van der Waals surface area contributed by atoms with E-state index >= 15 is 0 Å². The van der Waals surface area contributed by atoms with E-state index in [0.717, 1.165) is 41.8 Å². The Morgan fingerprint density at radius 1 is 1.32 bits per heavy atom. The van der Waals surface area contributed by atoms with Gasteiger partial charge in [-0.2, -0.15) is 10.2 Å². The molecule has 4 rings (SSSR count). The van der Waals surface area contributed by atoms with Gasteiger partial charge in [-0.25, -0.2) is 9.48 Å². The van der Waals surface area contributed by atoms with Crippen molar-refractivity contribution >= 4 is 5.97 Å². The molecule has 0 radical (unpaired) electrons. The number of aromatic nitrogens is 4. The maximum atomic E-state index is 12.5. The molecule has 0 spiro atoms. The number of esters is 1. The Bertz CT molecular complexity index is 961. The summed E-state index contributed by atoms with van der Waals surface area (Å²) >= 11 is 0. The first-order chi connectivity index (χ1) is 13.7. The second kappa shape index (κ2) is 7.98. The van der Waals surface area contributed by atoms with E-state index in [1.54, 1.807) is 6.92 Å². The number of nitrogens with zero attached hydrogens (tertiary/aromatic N) is 4. The summed E-state index contributed by atoms with van der Waals surface area (Å²) in [6.45, 7) is 3.21. The van der Waals surface area contributed by atoms with Crippen LogP contribution in [0.15, 0.2) is 42.7 Å². The molecule has 0 aliphatic heterocycles. The Kier molecular flexibility index (Phi) is 5.25. The summed E-state index contributed by atoms with van der Waals surface area (Å²) in [6.07, 6.45) is 6.76. The first kappa shape index (κ1) is 18.4. The van der Waals surface area contributed by atoms with Gasteiger partial charge in [0.1, 0.15) is 0 Å². The topological polar surface area (TPSA) is 88.0 Å².